The van der Waals surface area contributed by atoms with E-state index >= 15 is 0 Å². The highest BCUT2D eigenvalue weighted by Crippen LogP contribution is 1.94. The Morgan fingerprint density at radius 2 is 1.83 bits per heavy atom. The number of amides is 1. The highest BCUT2D eigenvalue weighted by atomic mass is 35.5. The summed E-state index contributed by atoms with van der Waals surface area (Å²) in [4.78, 5) is 22.0. The van der Waals surface area contributed by atoms with E-state index < -0.39 is 6.04 Å². The molecular formula is C8H14ClNO2. The van der Waals surface area contributed by atoms with Gasteiger partial charge in [0.15, 0.2) is 5.78 Å². The van der Waals surface area contributed by atoms with Crippen LogP contribution >= 0.6 is 11.6 Å². The van der Waals surface area contributed by atoms with Crippen molar-refractivity contribution in [3.05, 3.63) is 0 Å². The molecule has 0 saturated carbocycles. The van der Waals surface area contributed by atoms with Crippen molar-refractivity contribution in [2.24, 2.45) is 5.92 Å². The van der Waals surface area contributed by atoms with Gasteiger partial charge in [-0.15, -0.1) is 11.6 Å². The van der Waals surface area contributed by atoms with E-state index in [9.17, 15) is 9.59 Å². The number of halogens is 1. The first-order chi connectivity index (χ1) is 5.49. The maximum absolute atomic E-state index is 11.1. The number of carbonyl (C=O) groups excluding carboxylic acids is 2. The number of hydrogen-bond donors (Lipinski definition) is 1. The van der Waals surface area contributed by atoms with Crippen LogP contribution in [0.4, 0.5) is 0 Å². The molecular weight excluding hydrogens is 178 g/mol. The first-order valence-electron chi connectivity index (χ1n) is 3.88. The van der Waals surface area contributed by atoms with Crippen LogP contribution in [0.15, 0.2) is 0 Å². The van der Waals surface area contributed by atoms with Gasteiger partial charge in [0, 0.05) is 5.92 Å². The molecule has 1 atom stereocenters. The molecule has 1 amide bonds. The van der Waals surface area contributed by atoms with E-state index in [0.29, 0.717) is 0 Å². The zero-order valence-corrected chi connectivity index (χ0v) is 8.31. The van der Waals surface area contributed by atoms with Crippen molar-refractivity contribution in [3.63, 3.8) is 0 Å². The second-order valence-corrected chi connectivity index (χ2v) is 3.25. The summed E-state index contributed by atoms with van der Waals surface area (Å²) >= 11 is 5.31. The Morgan fingerprint density at radius 3 is 2.17 bits per heavy atom. The van der Waals surface area contributed by atoms with Crippen LogP contribution in [0.25, 0.3) is 0 Å². The Balaban J connectivity index is 3.92. The van der Waals surface area contributed by atoms with Crippen LogP contribution in [0.5, 0.6) is 0 Å². The smallest absolute Gasteiger partial charge is 0.223 e. The fourth-order valence-electron chi connectivity index (χ4n) is 0.576. The van der Waals surface area contributed by atoms with E-state index in [-0.39, 0.29) is 23.5 Å². The van der Waals surface area contributed by atoms with Crippen LogP contribution in [0.2, 0.25) is 0 Å². The van der Waals surface area contributed by atoms with Crippen molar-refractivity contribution in [2.45, 2.75) is 26.8 Å². The molecule has 0 aromatic carbocycles. The highest BCUT2D eigenvalue weighted by Gasteiger charge is 2.15. The van der Waals surface area contributed by atoms with Crippen LogP contribution in [0.3, 0.4) is 0 Å². The number of Topliss-reactive ketones (excluding diaryl/α,β-unsaturated/α-hetero) is 1. The van der Waals surface area contributed by atoms with E-state index in [1.54, 1.807) is 20.8 Å². The number of alkyl halides is 1. The van der Waals surface area contributed by atoms with Gasteiger partial charge >= 0.3 is 0 Å². The second kappa shape index (κ2) is 5.14. The molecule has 0 spiro atoms. The van der Waals surface area contributed by atoms with Gasteiger partial charge in [0.1, 0.15) is 0 Å². The van der Waals surface area contributed by atoms with E-state index in [4.69, 9.17) is 11.6 Å². The molecule has 0 aliphatic carbocycles. The maximum atomic E-state index is 11.1. The third-order valence-electron chi connectivity index (χ3n) is 1.50. The zero-order chi connectivity index (χ0) is 9.72. The Hall–Kier alpha value is -0.570. The average molecular weight is 192 g/mol. The predicted molar refractivity (Wildman–Crippen MR) is 48.2 cm³/mol. The molecule has 0 saturated heterocycles. The fraction of sp³-hybridized carbons (Fsp3) is 0.750. The van der Waals surface area contributed by atoms with Gasteiger partial charge in [-0.05, 0) is 6.92 Å². The minimum Gasteiger partial charge on any atom is -0.346 e. The van der Waals surface area contributed by atoms with Crippen molar-refractivity contribution < 1.29 is 9.59 Å². The molecule has 0 fully saturated rings. The lowest BCUT2D eigenvalue weighted by molar-refractivity contribution is -0.128. The fourth-order valence-corrected chi connectivity index (χ4v) is 0.808. The lowest BCUT2D eigenvalue weighted by atomic mass is 10.1. The molecule has 0 radical (unpaired) electrons. The molecule has 12 heavy (non-hydrogen) atoms. The normalized spacial score (nSPS) is 12.8. The predicted octanol–water partition coefficient (Wildman–Crippen LogP) is 0.955. The van der Waals surface area contributed by atoms with Crippen molar-refractivity contribution in [1.29, 1.82) is 0 Å². The van der Waals surface area contributed by atoms with Crippen molar-refractivity contribution >= 4 is 23.3 Å². The van der Waals surface area contributed by atoms with Gasteiger partial charge in [0.05, 0.1) is 11.9 Å². The summed E-state index contributed by atoms with van der Waals surface area (Å²) in [5.74, 6) is -0.443. The Kier molecular flexibility index (Phi) is 4.90. The summed E-state index contributed by atoms with van der Waals surface area (Å²) in [5, 5.41) is 2.56. The number of rotatable bonds is 4. The van der Waals surface area contributed by atoms with Gasteiger partial charge in [0.25, 0.3) is 0 Å². The van der Waals surface area contributed by atoms with Crippen molar-refractivity contribution in [3.8, 4) is 0 Å². The standard InChI is InChI=1S/C8H14ClNO2/c1-5(2)8(12)10-6(3)7(11)4-9/h5-6H,4H2,1-3H3,(H,10,12)/t6-/m0/s1. The summed E-state index contributed by atoms with van der Waals surface area (Å²) in [6.07, 6.45) is 0. The van der Waals surface area contributed by atoms with Crippen LogP contribution in [-0.2, 0) is 9.59 Å². The third-order valence-corrected chi connectivity index (χ3v) is 1.76. The molecule has 0 rings (SSSR count). The Bertz CT molecular complexity index is 180. The zero-order valence-electron chi connectivity index (χ0n) is 7.56. The monoisotopic (exact) mass is 191 g/mol. The van der Waals surface area contributed by atoms with Gasteiger partial charge in [0.2, 0.25) is 5.91 Å². The average Bonchev–Trinajstić information content (AvgIpc) is 2.02. The molecule has 0 unspecified atom stereocenters. The van der Waals surface area contributed by atoms with Crippen LogP contribution in [0.1, 0.15) is 20.8 Å². The summed E-state index contributed by atoms with van der Waals surface area (Å²) in [6.45, 7) is 5.17. The van der Waals surface area contributed by atoms with E-state index in [0.717, 1.165) is 0 Å². The quantitative estimate of drug-likeness (QED) is 0.673. The first-order valence-corrected chi connectivity index (χ1v) is 4.41. The van der Waals surface area contributed by atoms with E-state index in [1.165, 1.54) is 0 Å². The van der Waals surface area contributed by atoms with Crippen molar-refractivity contribution in [1.82, 2.24) is 5.32 Å². The van der Waals surface area contributed by atoms with Gasteiger partial charge in [-0.2, -0.15) is 0 Å². The molecule has 0 bridgehead atoms. The van der Waals surface area contributed by atoms with Gasteiger partial charge in [-0.3, -0.25) is 9.59 Å². The van der Waals surface area contributed by atoms with Crippen LogP contribution in [-0.4, -0.2) is 23.6 Å². The number of carbonyl (C=O) groups is 2. The summed E-state index contributed by atoms with van der Waals surface area (Å²) in [5.41, 5.74) is 0. The topological polar surface area (TPSA) is 46.2 Å². The van der Waals surface area contributed by atoms with E-state index in [2.05, 4.69) is 5.32 Å². The van der Waals surface area contributed by atoms with Crippen molar-refractivity contribution in [2.75, 3.05) is 5.88 Å². The molecule has 0 aliphatic rings. The summed E-state index contributed by atoms with van der Waals surface area (Å²) in [6, 6.07) is -0.475. The van der Waals surface area contributed by atoms with Gasteiger partial charge in [-0.1, -0.05) is 13.8 Å². The minimum atomic E-state index is -0.475. The SMILES string of the molecule is CC(C)C(=O)N[C@@H](C)C(=O)CCl. The maximum Gasteiger partial charge on any atom is 0.223 e. The summed E-state index contributed by atoms with van der Waals surface area (Å²) in [7, 11) is 0. The Morgan fingerprint density at radius 1 is 1.33 bits per heavy atom. The molecule has 0 aromatic heterocycles. The molecule has 70 valence electrons. The lowest BCUT2D eigenvalue weighted by Gasteiger charge is -2.12. The molecule has 0 aromatic rings. The largest absolute Gasteiger partial charge is 0.346 e. The van der Waals surface area contributed by atoms with E-state index in [1.807, 2.05) is 0 Å². The molecule has 1 N–H and O–H groups in total. The number of ketones is 1. The van der Waals surface area contributed by atoms with Gasteiger partial charge < -0.3 is 5.32 Å². The Labute approximate surface area is 77.5 Å². The molecule has 4 heteroatoms. The number of hydrogen-bond acceptors (Lipinski definition) is 2. The lowest BCUT2D eigenvalue weighted by Crippen LogP contribution is -2.41. The van der Waals surface area contributed by atoms with Crippen LogP contribution < -0.4 is 5.32 Å². The van der Waals surface area contributed by atoms with Crippen LogP contribution in [0, 0.1) is 5.92 Å². The molecule has 0 heterocycles. The summed E-state index contributed by atoms with van der Waals surface area (Å²) < 4.78 is 0. The molecule has 0 aliphatic heterocycles. The molecule has 3 nitrogen and oxygen atoms in total. The first kappa shape index (κ1) is 11.4. The highest BCUT2D eigenvalue weighted by molar-refractivity contribution is 6.28. The second-order valence-electron chi connectivity index (χ2n) is 2.98. The number of nitrogens with one attached hydrogen (secondary N) is 1. The third kappa shape index (κ3) is 3.72. The minimum absolute atomic E-state index is 0.0560. The van der Waals surface area contributed by atoms with Gasteiger partial charge in [-0.25, -0.2) is 0 Å².